The molecule has 4 rings (SSSR count). The Hall–Kier alpha value is -3.50. The van der Waals surface area contributed by atoms with E-state index in [1.54, 1.807) is 11.0 Å². The van der Waals surface area contributed by atoms with Crippen LogP contribution < -0.4 is 0 Å². The van der Waals surface area contributed by atoms with Crippen LogP contribution in [0.5, 0.6) is 0 Å². The van der Waals surface area contributed by atoms with E-state index in [1.807, 2.05) is 48.2 Å². The lowest BCUT2D eigenvalue weighted by Gasteiger charge is -2.35. The van der Waals surface area contributed by atoms with E-state index in [-0.39, 0.29) is 5.91 Å². The second kappa shape index (κ2) is 9.54. The van der Waals surface area contributed by atoms with Crippen molar-refractivity contribution in [2.24, 2.45) is 0 Å². The van der Waals surface area contributed by atoms with Crippen LogP contribution in [0.2, 0.25) is 0 Å². The normalized spacial score (nSPS) is 14.4. The van der Waals surface area contributed by atoms with Gasteiger partial charge < -0.3 is 4.90 Å². The van der Waals surface area contributed by atoms with E-state index in [0.29, 0.717) is 6.42 Å². The van der Waals surface area contributed by atoms with Crippen molar-refractivity contribution in [2.45, 2.75) is 19.8 Å². The van der Waals surface area contributed by atoms with Crippen LogP contribution >= 0.6 is 0 Å². The smallest absolute Gasteiger partial charge is 0.227 e. The molecular weight excluding hydrogens is 388 g/mol. The molecule has 1 fully saturated rings. The molecule has 7 nitrogen and oxygen atoms in total. The van der Waals surface area contributed by atoms with Crippen molar-refractivity contribution in [3.8, 4) is 11.8 Å². The summed E-state index contributed by atoms with van der Waals surface area (Å²) in [5.41, 5.74) is 4.89. The fourth-order valence-electron chi connectivity index (χ4n) is 3.85. The molecule has 1 amide bonds. The van der Waals surface area contributed by atoms with Gasteiger partial charge in [-0.1, -0.05) is 24.3 Å². The summed E-state index contributed by atoms with van der Waals surface area (Å²) >= 11 is 0. The van der Waals surface area contributed by atoms with Gasteiger partial charge in [0.1, 0.15) is 12.7 Å². The summed E-state index contributed by atoms with van der Waals surface area (Å²) in [5.74, 6) is 0.172. The first-order chi connectivity index (χ1) is 15.1. The van der Waals surface area contributed by atoms with Crippen molar-refractivity contribution in [3.63, 3.8) is 0 Å². The minimum absolute atomic E-state index is 0.172. The Kier molecular flexibility index (Phi) is 6.39. The highest BCUT2D eigenvalue weighted by Gasteiger charge is 2.21. The lowest BCUT2D eigenvalue weighted by Crippen LogP contribution is -2.49. The Labute approximate surface area is 182 Å². The van der Waals surface area contributed by atoms with Crippen molar-refractivity contribution in [2.75, 3.05) is 32.7 Å². The number of carbonyl (C=O) groups is 1. The molecule has 1 saturated heterocycles. The summed E-state index contributed by atoms with van der Waals surface area (Å²) < 4.78 is 1.70. The Bertz CT molecular complexity index is 1060. The van der Waals surface area contributed by atoms with Crippen molar-refractivity contribution < 1.29 is 4.79 Å². The SMILES string of the molecule is Cc1ccc(CCN2CCN(C(=O)Cc3ccc(-n4cncn4)cc3)CC2)cc1C#N. The summed E-state index contributed by atoms with van der Waals surface area (Å²) in [7, 11) is 0. The van der Waals surface area contributed by atoms with Crippen molar-refractivity contribution >= 4 is 5.91 Å². The summed E-state index contributed by atoms with van der Waals surface area (Å²) in [6.07, 6.45) is 4.49. The van der Waals surface area contributed by atoms with Gasteiger partial charge >= 0.3 is 0 Å². The van der Waals surface area contributed by atoms with E-state index >= 15 is 0 Å². The summed E-state index contributed by atoms with van der Waals surface area (Å²) in [6, 6.07) is 16.2. The van der Waals surface area contributed by atoms with E-state index in [0.717, 1.165) is 61.5 Å². The van der Waals surface area contributed by atoms with Gasteiger partial charge in [-0.3, -0.25) is 9.69 Å². The molecule has 0 unspecified atom stereocenters. The second-order valence-electron chi connectivity index (χ2n) is 7.92. The lowest BCUT2D eigenvalue weighted by molar-refractivity contribution is -0.132. The monoisotopic (exact) mass is 414 g/mol. The van der Waals surface area contributed by atoms with Crippen LogP contribution in [-0.4, -0.2) is 63.2 Å². The third-order valence-corrected chi connectivity index (χ3v) is 5.84. The van der Waals surface area contributed by atoms with Gasteiger partial charge in [-0.15, -0.1) is 0 Å². The van der Waals surface area contributed by atoms with Gasteiger partial charge in [-0.2, -0.15) is 10.4 Å². The summed E-state index contributed by atoms with van der Waals surface area (Å²) in [5, 5.41) is 13.3. The first kappa shape index (κ1) is 20.8. The Morgan fingerprint density at radius 3 is 2.48 bits per heavy atom. The molecule has 1 aliphatic rings. The molecule has 3 aromatic rings. The summed E-state index contributed by atoms with van der Waals surface area (Å²) in [6.45, 7) is 6.19. The van der Waals surface area contributed by atoms with Crippen LogP contribution in [0.4, 0.5) is 0 Å². The zero-order valence-corrected chi connectivity index (χ0v) is 17.7. The molecule has 1 aromatic heterocycles. The number of amides is 1. The molecule has 31 heavy (non-hydrogen) atoms. The van der Waals surface area contributed by atoms with Gasteiger partial charge in [-0.05, 0) is 48.2 Å². The molecule has 2 heterocycles. The highest BCUT2D eigenvalue weighted by Crippen LogP contribution is 2.13. The van der Waals surface area contributed by atoms with Crippen molar-refractivity contribution in [1.82, 2.24) is 24.6 Å². The number of rotatable bonds is 6. The molecule has 0 radical (unpaired) electrons. The van der Waals surface area contributed by atoms with E-state index in [4.69, 9.17) is 0 Å². The number of hydrogen-bond donors (Lipinski definition) is 0. The van der Waals surface area contributed by atoms with Gasteiger partial charge in [-0.25, -0.2) is 9.67 Å². The molecule has 7 heteroatoms. The second-order valence-corrected chi connectivity index (χ2v) is 7.92. The highest BCUT2D eigenvalue weighted by atomic mass is 16.2. The van der Waals surface area contributed by atoms with E-state index < -0.39 is 0 Å². The molecule has 0 atom stereocenters. The Morgan fingerprint density at radius 2 is 1.81 bits per heavy atom. The van der Waals surface area contributed by atoms with Crippen LogP contribution in [0.15, 0.2) is 55.1 Å². The maximum Gasteiger partial charge on any atom is 0.227 e. The predicted molar refractivity (Wildman–Crippen MR) is 118 cm³/mol. The van der Waals surface area contributed by atoms with Gasteiger partial charge in [0, 0.05) is 32.7 Å². The minimum atomic E-state index is 0.172. The highest BCUT2D eigenvalue weighted by molar-refractivity contribution is 5.79. The van der Waals surface area contributed by atoms with Gasteiger partial charge in [0.25, 0.3) is 0 Å². The van der Waals surface area contributed by atoms with E-state index in [9.17, 15) is 10.1 Å². The van der Waals surface area contributed by atoms with E-state index in [2.05, 4.69) is 27.1 Å². The number of aryl methyl sites for hydroxylation is 1. The standard InChI is InChI=1S/C24H26N6O/c1-19-2-3-21(14-22(19)16-25)8-9-28-10-12-29(13-11-28)24(31)15-20-4-6-23(7-5-20)30-18-26-17-27-30/h2-7,14,17-18H,8-13,15H2,1H3. The number of benzene rings is 2. The average Bonchev–Trinajstić information content (AvgIpc) is 3.34. The molecular formula is C24H26N6O. The Balaban J connectivity index is 1.24. The van der Waals surface area contributed by atoms with E-state index in [1.165, 1.54) is 11.9 Å². The molecule has 0 aliphatic carbocycles. The predicted octanol–water partition coefficient (Wildman–Crippen LogP) is 2.38. The van der Waals surface area contributed by atoms with Crippen LogP contribution in [0.3, 0.4) is 0 Å². The molecule has 0 bridgehead atoms. The molecule has 0 N–H and O–H groups in total. The molecule has 0 spiro atoms. The fraction of sp³-hybridized carbons (Fsp3) is 0.333. The number of aromatic nitrogens is 3. The Morgan fingerprint density at radius 1 is 1.06 bits per heavy atom. The van der Waals surface area contributed by atoms with Crippen LogP contribution in [0, 0.1) is 18.3 Å². The molecule has 158 valence electrons. The quantitative estimate of drug-likeness (QED) is 0.619. The number of nitriles is 1. The minimum Gasteiger partial charge on any atom is -0.340 e. The largest absolute Gasteiger partial charge is 0.340 e. The first-order valence-corrected chi connectivity index (χ1v) is 10.6. The number of carbonyl (C=O) groups excluding carboxylic acids is 1. The number of piperazine rings is 1. The molecule has 0 saturated carbocycles. The van der Waals surface area contributed by atoms with Gasteiger partial charge in [0.05, 0.1) is 23.7 Å². The zero-order valence-electron chi connectivity index (χ0n) is 17.7. The van der Waals surface area contributed by atoms with Crippen LogP contribution in [0.1, 0.15) is 22.3 Å². The maximum absolute atomic E-state index is 12.7. The van der Waals surface area contributed by atoms with Crippen molar-refractivity contribution in [1.29, 1.82) is 5.26 Å². The number of nitrogens with zero attached hydrogens (tertiary/aromatic N) is 6. The van der Waals surface area contributed by atoms with Crippen molar-refractivity contribution in [3.05, 3.63) is 77.4 Å². The summed E-state index contributed by atoms with van der Waals surface area (Å²) in [4.78, 5) is 21.0. The topological polar surface area (TPSA) is 78.1 Å². The van der Waals surface area contributed by atoms with Gasteiger partial charge in [0.15, 0.2) is 0 Å². The van der Waals surface area contributed by atoms with Crippen LogP contribution in [0.25, 0.3) is 5.69 Å². The lowest BCUT2D eigenvalue weighted by atomic mass is 10.0. The van der Waals surface area contributed by atoms with Gasteiger partial charge in [0.2, 0.25) is 5.91 Å². The molecule has 1 aliphatic heterocycles. The number of hydrogen-bond acceptors (Lipinski definition) is 5. The maximum atomic E-state index is 12.7. The fourth-order valence-corrected chi connectivity index (χ4v) is 3.85. The van der Waals surface area contributed by atoms with Crippen LogP contribution in [-0.2, 0) is 17.6 Å². The third kappa shape index (κ3) is 5.16. The first-order valence-electron chi connectivity index (χ1n) is 10.6. The average molecular weight is 415 g/mol. The molecule has 2 aromatic carbocycles. The zero-order chi connectivity index (χ0) is 21.6. The third-order valence-electron chi connectivity index (χ3n) is 5.84.